The van der Waals surface area contributed by atoms with Gasteiger partial charge in [0.2, 0.25) is 0 Å². The highest BCUT2D eigenvalue weighted by Gasteiger charge is 2.13. The second kappa shape index (κ2) is 11.8. The first-order chi connectivity index (χ1) is 11.5. The molecule has 6 nitrogen and oxygen atoms in total. The van der Waals surface area contributed by atoms with Crippen LogP contribution < -0.4 is 4.74 Å². The molecule has 0 aliphatic carbocycles. The molecule has 24 heavy (non-hydrogen) atoms. The van der Waals surface area contributed by atoms with Crippen LogP contribution in [0.1, 0.15) is 72.3 Å². The quantitative estimate of drug-likeness (QED) is 0.376. The summed E-state index contributed by atoms with van der Waals surface area (Å²) < 4.78 is 5.48. The molecule has 1 aromatic rings. The molecular weight excluding hydrogens is 378 g/mol. The number of carbonyl (C=O) groups is 2. The highest BCUT2D eigenvalue weighted by Crippen LogP contribution is 2.16. The molecule has 7 heteroatoms. The van der Waals surface area contributed by atoms with Gasteiger partial charge in [0.05, 0.1) is 6.61 Å². The van der Waals surface area contributed by atoms with E-state index in [1.54, 1.807) is 0 Å². The minimum absolute atomic E-state index is 0.231. The van der Waals surface area contributed by atoms with Crippen molar-refractivity contribution in [3.05, 3.63) is 23.5 Å². The lowest BCUT2D eigenvalue weighted by Gasteiger charge is -2.08. The average molecular weight is 402 g/mol. The Kier molecular flexibility index (Phi) is 10.1. The summed E-state index contributed by atoms with van der Waals surface area (Å²) in [6.45, 7) is 0.436. The van der Waals surface area contributed by atoms with E-state index in [2.05, 4.69) is 20.9 Å². The predicted molar refractivity (Wildman–Crippen MR) is 94.4 cm³/mol. The van der Waals surface area contributed by atoms with E-state index in [-0.39, 0.29) is 17.1 Å². The summed E-state index contributed by atoms with van der Waals surface area (Å²) in [5.74, 6) is -2.32. The fourth-order valence-electron chi connectivity index (χ4n) is 2.26. The van der Waals surface area contributed by atoms with Crippen molar-refractivity contribution in [2.75, 3.05) is 11.9 Å². The summed E-state index contributed by atoms with van der Waals surface area (Å²) in [7, 11) is 0. The van der Waals surface area contributed by atoms with Crippen LogP contribution in [0.25, 0.3) is 0 Å². The van der Waals surface area contributed by atoms with Gasteiger partial charge in [-0.05, 0) is 12.8 Å². The average Bonchev–Trinajstić information content (AvgIpc) is 2.56. The maximum absolute atomic E-state index is 11.0. The zero-order valence-electron chi connectivity index (χ0n) is 13.7. The van der Waals surface area contributed by atoms with Crippen LogP contribution in [-0.2, 0) is 0 Å². The van der Waals surface area contributed by atoms with Gasteiger partial charge in [0, 0.05) is 17.5 Å². The summed E-state index contributed by atoms with van der Waals surface area (Å²) >= 11 is 3.42. The van der Waals surface area contributed by atoms with E-state index in [1.165, 1.54) is 44.2 Å². The minimum atomic E-state index is -1.28. The van der Waals surface area contributed by atoms with Crippen molar-refractivity contribution in [2.24, 2.45) is 0 Å². The SMILES string of the molecule is O=C(O)c1cc(OCCCCCCCCCCBr)cc(C(=O)O)n1. The molecule has 0 atom stereocenters. The van der Waals surface area contributed by atoms with Crippen LogP contribution in [0.4, 0.5) is 0 Å². The molecule has 0 amide bonds. The standard InChI is InChI=1S/C17H24BrNO5/c18-9-7-5-3-1-2-4-6-8-10-24-13-11-14(16(20)21)19-15(12-13)17(22)23/h11-12H,1-10H2,(H,20,21)(H,22,23). The summed E-state index contributed by atoms with van der Waals surface area (Å²) in [6, 6.07) is 2.50. The number of carboxylic acid groups (broad SMARTS) is 2. The first kappa shape index (κ1) is 20.4. The monoisotopic (exact) mass is 401 g/mol. The molecule has 0 bridgehead atoms. The molecule has 0 radical (unpaired) electrons. The number of rotatable bonds is 13. The molecular formula is C17H24BrNO5. The van der Waals surface area contributed by atoms with Crippen molar-refractivity contribution in [1.82, 2.24) is 4.98 Å². The second-order valence-electron chi connectivity index (χ2n) is 5.55. The van der Waals surface area contributed by atoms with Gasteiger partial charge in [-0.3, -0.25) is 0 Å². The summed E-state index contributed by atoms with van der Waals surface area (Å²) in [6.07, 6.45) is 9.29. The van der Waals surface area contributed by atoms with E-state index in [1.807, 2.05) is 0 Å². The van der Waals surface area contributed by atoms with Crippen LogP contribution in [0.2, 0.25) is 0 Å². The maximum Gasteiger partial charge on any atom is 0.354 e. The van der Waals surface area contributed by atoms with Crippen LogP contribution in [0, 0.1) is 0 Å². The molecule has 0 fully saturated rings. The molecule has 0 saturated carbocycles. The normalized spacial score (nSPS) is 10.5. The second-order valence-corrected chi connectivity index (χ2v) is 6.34. The number of alkyl halides is 1. The van der Waals surface area contributed by atoms with E-state index < -0.39 is 11.9 Å². The molecule has 134 valence electrons. The Labute approximate surface area is 150 Å². The van der Waals surface area contributed by atoms with Crippen LogP contribution >= 0.6 is 15.9 Å². The van der Waals surface area contributed by atoms with Crippen LogP contribution in [0.15, 0.2) is 12.1 Å². The number of hydrogen-bond acceptors (Lipinski definition) is 4. The highest BCUT2D eigenvalue weighted by molar-refractivity contribution is 9.09. The third-order valence-corrected chi connectivity index (χ3v) is 4.09. The lowest BCUT2D eigenvalue weighted by Crippen LogP contribution is -2.09. The van der Waals surface area contributed by atoms with Gasteiger partial charge in [0.15, 0.2) is 11.4 Å². The number of aromatic carboxylic acids is 2. The Morgan fingerprint density at radius 2 is 1.33 bits per heavy atom. The number of unbranched alkanes of at least 4 members (excludes halogenated alkanes) is 7. The van der Waals surface area contributed by atoms with Gasteiger partial charge in [-0.15, -0.1) is 0 Å². The van der Waals surface area contributed by atoms with Gasteiger partial charge in [-0.1, -0.05) is 54.5 Å². The number of hydrogen-bond donors (Lipinski definition) is 2. The highest BCUT2D eigenvalue weighted by atomic mass is 79.9. The van der Waals surface area contributed by atoms with Crippen molar-refractivity contribution in [3.8, 4) is 5.75 Å². The lowest BCUT2D eigenvalue weighted by atomic mass is 10.1. The molecule has 0 saturated heterocycles. The molecule has 1 heterocycles. The Hall–Kier alpha value is -1.63. The number of aromatic nitrogens is 1. The predicted octanol–water partition coefficient (Wildman–Crippen LogP) is 4.37. The molecule has 0 unspecified atom stereocenters. The van der Waals surface area contributed by atoms with Gasteiger partial charge >= 0.3 is 11.9 Å². The summed E-state index contributed by atoms with van der Waals surface area (Å²) in [5, 5.41) is 19.0. The smallest absolute Gasteiger partial charge is 0.354 e. The van der Waals surface area contributed by atoms with Gasteiger partial charge in [-0.2, -0.15) is 0 Å². The maximum atomic E-state index is 11.0. The molecule has 2 N–H and O–H groups in total. The van der Waals surface area contributed by atoms with E-state index >= 15 is 0 Å². The third-order valence-electron chi connectivity index (χ3n) is 3.53. The molecule has 1 aromatic heterocycles. The zero-order valence-corrected chi connectivity index (χ0v) is 15.3. The Morgan fingerprint density at radius 1 is 0.875 bits per heavy atom. The minimum Gasteiger partial charge on any atom is -0.493 e. The van der Waals surface area contributed by atoms with E-state index in [9.17, 15) is 9.59 Å². The third kappa shape index (κ3) is 8.29. The number of ether oxygens (including phenoxy) is 1. The summed E-state index contributed by atoms with van der Waals surface area (Å²) in [5.41, 5.74) is -0.651. The van der Waals surface area contributed by atoms with E-state index in [0.29, 0.717) is 6.61 Å². The van der Waals surface area contributed by atoms with Crippen molar-refractivity contribution in [3.63, 3.8) is 0 Å². The van der Waals surface area contributed by atoms with Crippen LogP contribution in [-0.4, -0.2) is 39.1 Å². The molecule has 0 aliphatic rings. The number of carboxylic acids is 2. The Bertz CT molecular complexity index is 503. The van der Waals surface area contributed by atoms with Crippen molar-refractivity contribution in [2.45, 2.75) is 51.4 Å². The first-order valence-electron chi connectivity index (χ1n) is 8.22. The van der Waals surface area contributed by atoms with Crippen molar-refractivity contribution in [1.29, 1.82) is 0 Å². The number of pyridine rings is 1. The van der Waals surface area contributed by atoms with Gasteiger partial charge in [0.25, 0.3) is 0 Å². The van der Waals surface area contributed by atoms with Crippen LogP contribution in [0.3, 0.4) is 0 Å². The van der Waals surface area contributed by atoms with E-state index in [4.69, 9.17) is 14.9 Å². The lowest BCUT2D eigenvalue weighted by molar-refractivity contribution is 0.0684. The number of halogens is 1. The Morgan fingerprint density at radius 3 is 1.79 bits per heavy atom. The first-order valence-corrected chi connectivity index (χ1v) is 9.34. The zero-order chi connectivity index (χ0) is 17.8. The topological polar surface area (TPSA) is 96.7 Å². The van der Waals surface area contributed by atoms with Crippen molar-refractivity contribution >= 4 is 27.9 Å². The van der Waals surface area contributed by atoms with Gasteiger partial charge in [0.1, 0.15) is 5.75 Å². The van der Waals surface area contributed by atoms with Gasteiger partial charge < -0.3 is 14.9 Å². The molecule has 0 spiro atoms. The molecule has 0 aliphatic heterocycles. The van der Waals surface area contributed by atoms with Crippen LogP contribution in [0.5, 0.6) is 5.75 Å². The number of nitrogens with zero attached hydrogens (tertiary/aromatic N) is 1. The van der Waals surface area contributed by atoms with E-state index in [0.717, 1.165) is 24.6 Å². The Balaban J connectivity index is 2.27. The molecule has 0 aromatic carbocycles. The van der Waals surface area contributed by atoms with Gasteiger partial charge in [-0.25, -0.2) is 14.6 Å². The summed E-state index contributed by atoms with van der Waals surface area (Å²) in [4.78, 5) is 25.5. The fourth-order valence-corrected chi connectivity index (χ4v) is 2.65. The molecule has 1 rings (SSSR count). The largest absolute Gasteiger partial charge is 0.493 e. The fraction of sp³-hybridized carbons (Fsp3) is 0.588. The van der Waals surface area contributed by atoms with Crippen molar-refractivity contribution < 1.29 is 24.5 Å².